The fraction of sp³-hybridized carbons (Fsp3) is 0. The van der Waals surface area contributed by atoms with E-state index in [0.717, 1.165) is 6.07 Å². The van der Waals surface area contributed by atoms with E-state index in [-0.39, 0.29) is 27.8 Å². The van der Waals surface area contributed by atoms with Crippen molar-refractivity contribution in [3.63, 3.8) is 0 Å². The van der Waals surface area contributed by atoms with Gasteiger partial charge in [0.15, 0.2) is 17.1 Å². The molecule has 0 fully saturated rings. The molecule has 0 amide bonds. The molecule has 1 aromatic carbocycles. The summed E-state index contributed by atoms with van der Waals surface area (Å²) in [5.74, 6) is -2.29. The lowest BCUT2D eigenvalue weighted by atomic mass is 10.1. The van der Waals surface area contributed by atoms with Crippen LogP contribution < -0.4 is 5.36 Å². The first-order valence-electron chi connectivity index (χ1n) is 5.55. The van der Waals surface area contributed by atoms with Gasteiger partial charge in [0.2, 0.25) is 5.75 Å². The number of carboxylic acid groups (broad SMARTS) is 1. The average molecular weight is 272 g/mol. The number of aromatic nitrogens is 1. The zero-order valence-corrected chi connectivity index (χ0v) is 9.91. The van der Waals surface area contributed by atoms with E-state index in [4.69, 9.17) is 14.9 Å². The lowest BCUT2D eigenvalue weighted by Crippen LogP contribution is -2.03. The van der Waals surface area contributed by atoms with Crippen LogP contribution in [0, 0.1) is 5.41 Å². The first-order chi connectivity index (χ1) is 9.47. The molecule has 0 unspecified atom stereocenters. The first kappa shape index (κ1) is 12.0. The molecule has 1 heterocycles. The Bertz CT molecular complexity index is 884. The van der Waals surface area contributed by atoms with Crippen LogP contribution >= 0.6 is 0 Å². The molecule has 4 N–H and O–H groups in total. The minimum Gasteiger partial charge on any atom is -0.504 e. The van der Waals surface area contributed by atoms with E-state index in [1.807, 2.05) is 0 Å². The van der Waals surface area contributed by atoms with Crippen molar-refractivity contribution >= 4 is 17.1 Å². The lowest BCUT2D eigenvalue weighted by Gasteiger charge is -2.09. The van der Waals surface area contributed by atoms with E-state index >= 15 is 0 Å². The van der Waals surface area contributed by atoms with Gasteiger partial charge in [-0.3, -0.25) is 0 Å². The first-order valence-corrected chi connectivity index (χ1v) is 5.55. The van der Waals surface area contributed by atoms with Gasteiger partial charge in [-0.05, 0) is 12.1 Å². The van der Waals surface area contributed by atoms with Crippen LogP contribution in [0.15, 0.2) is 28.7 Å². The van der Waals surface area contributed by atoms with Crippen molar-refractivity contribution in [2.24, 2.45) is 0 Å². The van der Waals surface area contributed by atoms with Gasteiger partial charge in [-0.15, -0.1) is 0 Å². The van der Waals surface area contributed by atoms with Gasteiger partial charge in [0.25, 0.3) is 0 Å². The summed E-state index contributed by atoms with van der Waals surface area (Å²) in [4.78, 5) is 15.3. The molecule has 0 saturated heterocycles. The number of carboxylic acids is 1. The molecule has 1 aliphatic heterocycles. The third-order valence-corrected chi connectivity index (χ3v) is 2.84. The highest BCUT2D eigenvalue weighted by atomic mass is 16.4. The minimum atomic E-state index is -1.30. The monoisotopic (exact) mass is 272 g/mol. The number of phenolic OH excluding ortho intramolecular Hbond substituents is 2. The zero-order chi connectivity index (χ0) is 14.4. The van der Waals surface area contributed by atoms with Crippen molar-refractivity contribution in [3.8, 4) is 23.0 Å². The summed E-state index contributed by atoms with van der Waals surface area (Å²) < 4.78 is 5.37. The number of hydrogen-bond donors (Lipinski definition) is 4. The predicted molar refractivity (Wildman–Crippen MR) is 66.8 cm³/mol. The maximum Gasteiger partial charge on any atom is 0.338 e. The predicted octanol–water partition coefficient (Wildman–Crippen LogP) is 1.52. The summed E-state index contributed by atoms with van der Waals surface area (Å²) >= 11 is 0. The van der Waals surface area contributed by atoms with Crippen molar-refractivity contribution in [2.45, 2.75) is 0 Å². The second-order valence-corrected chi connectivity index (χ2v) is 4.17. The van der Waals surface area contributed by atoms with Crippen molar-refractivity contribution in [2.75, 3.05) is 0 Å². The average Bonchev–Trinajstić information content (AvgIpc) is 2.41. The smallest absolute Gasteiger partial charge is 0.338 e. The molecule has 2 aliphatic rings. The van der Waals surface area contributed by atoms with E-state index < -0.39 is 17.5 Å². The molecule has 7 nitrogen and oxygen atoms in total. The Labute approximate surface area is 111 Å². The van der Waals surface area contributed by atoms with Gasteiger partial charge in [-0.2, -0.15) is 0 Å². The van der Waals surface area contributed by atoms with Gasteiger partial charge in [-0.25, -0.2) is 9.78 Å². The third kappa shape index (κ3) is 1.64. The Morgan fingerprint density at radius 1 is 1.25 bits per heavy atom. The molecule has 0 atom stereocenters. The van der Waals surface area contributed by atoms with Crippen LogP contribution in [-0.2, 0) is 0 Å². The standard InChI is InChI=1S/C13H8N2O5/c14-5-1-2-7-9(3-5)20-12-10(15-7)6(13(18)19)4-8(16)11(12)17/h1-4,14,16-17H,(H,18,19). The Kier molecular flexibility index (Phi) is 2.37. The van der Waals surface area contributed by atoms with Crippen molar-refractivity contribution < 1.29 is 24.5 Å². The van der Waals surface area contributed by atoms with Gasteiger partial charge in [0.1, 0.15) is 11.2 Å². The molecule has 100 valence electrons. The number of phenols is 2. The highest BCUT2D eigenvalue weighted by Gasteiger charge is 2.21. The molecule has 0 bridgehead atoms. The summed E-state index contributed by atoms with van der Waals surface area (Å²) in [6.45, 7) is 0. The normalized spacial score (nSPS) is 11.0. The van der Waals surface area contributed by atoms with Crippen molar-refractivity contribution in [1.82, 2.24) is 4.98 Å². The molecule has 0 spiro atoms. The largest absolute Gasteiger partial charge is 0.504 e. The van der Waals surface area contributed by atoms with Crippen LogP contribution in [0.4, 0.5) is 0 Å². The maximum atomic E-state index is 11.2. The summed E-state index contributed by atoms with van der Waals surface area (Å²) in [6.07, 6.45) is 0. The number of nitrogens with zero attached hydrogens (tertiary/aromatic N) is 1. The zero-order valence-electron chi connectivity index (χ0n) is 9.91. The number of aromatic hydroxyl groups is 2. The summed E-state index contributed by atoms with van der Waals surface area (Å²) in [5, 5.41) is 36.1. The number of carbonyl (C=O) groups is 1. The lowest BCUT2D eigenvalue weighted by molar-refractivity contribution is 0.0698. The van der Waals surface area contributed by atoms with Crippen LogP contribution in [0.5, 0.6) is 11.5 Å². The van der Waals surface area contributed by atoms with E-state index in [2.05, 4.69) is 4.98 Å². The molecule has 20 heavy (non-hydrogen) atoms. The fourth-order valence-corrected chi connectivity index (χ4v) is 1.91. The van der Waals surface area contributed by atoms with Gasteiger partial charge in [0.05, 0.1) is 10.9 Å². The molecule has 1 aliphatic carbocycles. The van der Waals surface area contributed by atoms with Crippen LogP contribution in [0.25, 0.3) is 22.6 Å². The fourth-order valence-electron chi connectivity index (χ4n) is 1.91. The topological polar surface area (TPSA) is 128 Å². The second kappa shape index (κ2) is 3.95. The van der Waals surface area contributed by atoms with Crippen LogP contribution in [0.1, 0.15) is 10.4 Å². The minimum absolute atomic E-state index is 0.0713. The molecule has 1 aromatic rings. The molecule has 0 radical (unpaired) electrons. The van der Waals surface area contributed by atoms with E-state index in [1.165, 1.54) is 18.2 Å². The number of aromatic carboxylic acids is 1. The number of fused-ring (bicyclic) bond motifs is 2. The Balaban J connectivity index is 2.54. The van der Waals surface area contributed by atoms with E-state index in [0.29, 0.717) is 5.69 Å². The van der Waals surface area contributed by atoms with Crippen LogP contribution in [-0.4, -0.2) is 26.3 Å². The summed E-state index contributed by atoms with van der Waals surface area (Å²) in [5.41, 5.74) is -0.240. The Morgan fingerprint density at radius 2 is 2.00 bits per heavy atom. The Hall–Kier alpha value is -3.09. The van der Waals surface area contributed by atoms with Crippen molar-refractivity contribution in [1.29, 1.82) is 5.41 Å². The molecule has 0 saturated carbocycles. The molecule has 3 rings (SSSR count). The number of benzene rings is 2. The second-order valence-electron chi connectivity index (χ2n) is 4.17. The van der Waals surface area contributed by atoms with Gasteiger partial charge < -0.3 is 25.1 Å². The highest BCUT2D eigenvalue weighted by molar-refractivity contribution is 6.03. The maximum absolute atomic E-state index is 11.2. The van der Waals surface area contributed by atoms with Crippen molar-refractivity contribution in [3.05, 3.63) is 35.2 Å². The quantitative estimate of drug-likeness (QED) is 0.393. The summed E-state index contributed by atoms with van der Waals surface area (Å²) in [7, 11) is 0. The molecule has 0 aromatic heterocycles. The van der Waals surface area contributed by atoms with Gasteiger partial charge in [0, 0.05) is 12.1 Å². The molecular weight excluding hydrogens is 264 g/mol. The SMILES string of the molecule is N=c1ccc2nc3c(C(=O)O)cc(O)c(O)c3oc-2c1. The van der Waals surface area contributed by atoms with Crippen LogP contribution in [0.3, 0.4) is 0 Å². The van der Waals surface area contributed by atoms with E-state index in [1.54, 1.807) is 0 Å². The van der Waals surface area contributed by atoms with E-state index in [9.17, 15) is 15.0 Å². The van der Waals surface area contributed by atoms with Crippen LogP contribution in [0.2, 0.25) is 0 Å². The highest BCUT2D eigenvalue weighted by Crippen LogP contribution is 2.37. The summed E-state index contributed by atoms with van der Waals surface area (Å²) in [6, 6.07) is 5.28. The third-order valence-electron chi connectivity index (χ3n) is 2.84. The number of hydrogen-bond acceptors (Lipinski definition) is 6. The molecular formula is C13H8N2O5. The van der Waals surface area contributed by atoms with Gasteiger partial charge in [-0.1, -0.05) is 0 Å². The number of nitrogens with one attached hydrogen (secondary N) is 1. The van der Waals surface area contributed by atoms with Gasteiger partial charge >= 0.3 is 5.97 Å². The molecule has 7 heteroatoms. The Morgan fingerprint density at radius 3 is 2.70 bits per heavy atom. The number of rotatable bonds is 1.